The van der Waals surface area contributed by atoms with Crippen molar-refractivity contribution >= 4 is 11.3 Å². The highest BCUT2D eigenvalue weighted by Crippen LogP contribution is 2.13. The van der Waals surface area contributed by atoms with Crippen LogP contribution in [0.15, 0.2) is 16.8 Å². The fourth-order valence-electron chi connectivity index (χ4n) is 2.11. The molecule has 17 heavy (non-hydrogen) atoms. The molecule has 0 aromatic carbocycles. The second-order valence-electron chi connectivity index (χ2n) is 4.82. The molecule has 1 nitrogen and oxygen atoms in total. The smallest absolute Gasteiger partial charge is 0.00702 e. The lowest BCUT2D eigenvalue weighted by atomic mass is 10.0. The molecule has 1 aromatic heterocycles. The third kappa shape index (κ3) is 6.85. The van der Waals surface area contributed by atoms with E-state index in [1.165, 1.54) is 57.1 Å². The Morgan fingerprint density at radius 3 is 2.71 bits per heavy atom. The monoisotopic (exact) mass is 253 g/mol. The number of unbranched alkanes of at least 4 members (excludes halogenated alkanes) is 2. The first-order chi connectivity index (χ1) is 8.36. The standard InChI is InChI=1S/C15H27NS/c1-3-5-6-7-15(16-11-4-2)9-8-14-10-12-17-13-14/h10,12-13,15-16H,3-9,11H2,1-2H3. The van der Waals surface area contributed by atoms with Crippen LogP contribution in [0.5, 0.6) is 0 Å². The summed E-state index contributed by atoms with van der Waals surface area (Å²) in [5.41, 5.74) is 1.51. The van der Waals surface area contributed by atoms with Gasteiger partial charge in [-0.05, 0) is 54.6 Å². The minimum atomic E-state index is 0.724. The molecule has 0 saturated heterocycles. The van der Waals surface area contributed by atoms with Crippen LogP contribution < -0.4 is 5.32 Å². The van der Waals surface area contributed by atoms with Crippen LogP contribution in [0.4, 0.5) is 0 Å². The highest BCUT2D eigenvalue weighted by molar-refractivity contribution is 7.07. The Morgan fingerprint density at radius 2 is 2.06 bits per heavy atom. The molecule has 98 valence electrons. The lowest BCUT2D eigenvalue weighted by Gasteiger charge is -2.18. The van der Waals surface area contributed by atoms with E-state index in [-0.39, 0.29) is 0 Å². The number of thiophene rings is 1. The summed E-state index contributed by atoms with van der Waals surface area (Å²) in [5, 5.41) is 8.16. The van der Waals surface area contributed by atoms with Gasteiger partial charge >= 0.3 is 0 Å². The minimum absolute atomic E-state index is 0.724. The largest absolute Gasteiger partial charge is 0.314 e. The van der Waals surface area contributed by atoms with Gasteiger partial charge in [0.2, 0.25) is 0 Å². The highest BCUT2D eigenvalue weighted by Gasteiger charge is 2.07. The van der Waals surface area contributed by atoms with E-state index in [4.69, 9.17) is 0 Å². The Morgan fingerprint density at radius 1 is 1.18 bits per heavy atom. The average Bonchev–Trinajstić information content (AvgIpc) is 2.85. The molecule has 2 heteroatoms. The van der Waals surface area contributed by atoms with Crippen LogP contribution in [-0.2, 0) is 6.42 Å². The average molecular weight is 253 g/mol. The fourth-order valence-corrected chi connectivity index (χ4v) is 2.82. The normalized spacial score (nSPS) is 12.8. The predicted octanol–water partition coefficient (Wildman–Crippen LogP) is 4.63. The molecular formula is C15H27NS. The Hall–Kier alpha value is -0.340. The van der Waals surface area contributed by atoms with Crippen LogP contribution in [-0.4, -0.2) is 12.6 Å². The molecule has 0 bridgehead atoms. The van der Waals surface area contributed by atoms with E-state index in [2.05, 4.69) is 36.0 Å². The van der Waals surface area contributed by atoms with Crippen molar-refractivity contribution in [3.05, 3.63) is 22.4 Å². The molecule has 0 aliphatic heterocycles. The Labute approximate surface area is 111 Å². The zero-order valence-corrected chi connectivity index (χ0v) is 12.2. The van der Waals surface area contributed by atoms with E-state index < -0.39 is 0 Å². The second-order valence-corrected chi connectivity index (χ2v) is 5.60. The van der Waals surface area contributed by atoms with Gasteiger partial charge < -0.3 is 5.32 Å². The molecule has 0 amide bonds. The van der Waals surface area contributed by atoms with Crippen LogP contribution >= 0.6 is 11.3 Å². The van der Waals surface area contributed by atoms with Crippen LogP contribution in [0.25, 0.3) is 0 Å². The predicted molar refractivity (Wildman–Crippen MR) is 78.9 cm³/mol. The molecule has 0 spiro atoms. The lowest BCUT2D eigenvalue weighted by molar-refractivity contribution is 0.435. The number of nitrogens with one attached hydrogen (secondary N) is 1. The van der Waals surface area contributed by atoms with E-state index >= 15 is 0 Å². The van der Waals surface area contributed by atoms with Gasteiger partial charge in [-0.2, -0.15) is 11.3 Å². The van der Waals surface area contributed by atoms with Gasteiger partial charge in [0.05, 0.1) is 0 Å². The molecule has 1 atom stereocenters. The van der Waals surface area contributed by atoms with Crippen molar-refractivity contribution in [2.75, 3.05) is 6.54 Å². The van der Waals surface area contributed by atoms with Gasteiger partial charge in [-0.1, -0.05) is 33.1 Å². The minimum Gasteiger partial charge on any atom is -0.314 e. The van der Waals surface area contributed by atoms with E-state index in [1.54, 1.807) is 0 Å². The number of rotatable bonds is 10. The SMILES string of the molecule is CCCCCC(CCc1ccsc1)NCCC. The first kappa shape index (κ1) is 14.7. The zero-order chi connectivity index (χ0) is 12.3. The van der Waals surface area contributed by atoms with Gasteiger partial charge in [0.1, 0.15) is 0 Å². The number of aryl methyl sites for hydroxylation is 1. The summed E-state index contributed by atoms with van der Waals surface area (Å²) in [5.74, 6) is 0. The Kier molecular flexibility index (Phi) is 8.37. The number of hydrogen-bond donors (Lipinski definition) is 1. The summed E-state index contributed by atoms with van der Waals surface area (Å²) in [6.45, 7) is 5.69. The summed E-state index contributed by atoms with van der Waals surface area (Å²) in [4.78, 5) is 0. The summed E-state index contributed by atoms with van der Waals surface area (Å²) >= 11 is 1.81. The fraction of sp³-hybridized carbons (Fsp3) is 0.733. The van der Waals surface area contributed by atoms with Crippen molar-refractivity contribution in [3.8, 4) is 0 Å². The van der Waals surface area contributed by atoms with E-state index in [0.29, 0.717) is 0 Å². The Bertz CT molecular complexity index is 256. The lowest BCUT2D eigenvalue weighted by Crippen LogP contribution is -2.30. The molecular weight excluding hydrogens is 226 g/mol. The first-order valence-corrected chi connectivity index (χ1v) is 8.05. The van der Waals surface area contributed by atoms with E-state index in [0.717, 1.165) is 6.04 Å². The molecule has 1 rings (SSSR count). The maximum Gasteiger partial charge on any atom is 0.00702 e. The van der Waals surface area contributed by atoms with Gasteiger partial charge in [-0.15, -0.1) is 0 Å². The van der Waals surface area contributed by atoms with Crippen LogP contribution in [0.3, 0.4) is 0 Å². The zero-order valence-electron chi connectivity index (χ0n) is 11.4. The quantitative estimate of drug-likeness (QED) is 0.600. The molecule has 1 aromatic rings. The van der Waals surface area contributed by atoms with Crippen molar-refractivity contribution in [2.45, 2.75) is 64.8 Å². The molecule has 0 saturated carbocycles. The third-order valence-electron chi connectivity index (χ3n) is 3.20. The van der Waals surface area contributed by atoms with Gasteiger partial charge in [-0.25, -0.2) is 0 Å². The third-order valence-corrected chi connectivity index (χ3v) is 3.93. The van der Waals surface area contributed by atoms with E-state index in [1.807, 2.05) is 11.3 Å². The molecule has 1 unspecified atom stereocenters. The summed E-state index contributed by atoms with van der Waals surface area (Å²) in [6.07, 6.45) is 9.19. The van der Waals surface area contributed by atoms with Gasteiger partial charge in [0, 0.05) is 6.04 Å². The molecule has 0 radical (unpaired) electrons. The van der Waals surface area contributed by atoms with Gasteiger partial charge in [-0.3, -0.25) is 0 Å². The van der Waals surface area contributed by atoms with Crippen molar-refractivity contribution < 1.29 is 0 Å². The van der Waals surface area contributed by atoms with Gasteiger partial charge in [0.15, 0.2) is 0 Å². The molecule has 0 aliphatic carbocycles. The van der Waals surface area contributed by atoms with Crippen molar-refractivity contribution in [3.63, 3.8) is 0 Å². The molecule has 0 aliphatic rings. The Balaban J connectivity index is 2.23. The van der Waals surface area contributed by atoms with Crippen molar-refractivity contribution in [1.29, 1.82) is 0 Å². The molecule has 1 heterocycles. The first-order valence-electron chi connectivity index (χ1n) is 7.11. The number of hydrogen-bond acceptors (Lipinski definition) is 2. The molecule has 1 N–H and O–H groups in total. The van der Waals surface area contributed by atoms with Gasteiger partial charge in [0.25, 0.3) is 0 Å². The summed E-state index contributed by atoms with van der Waals surface area (Å²) in [7, 11) is 0. The topological polar surface area (TPSA) is 12.0 Å². The summed E-state index contributed by atoms with van der Waals surface area (Å²) in [6, 6.07) is 2.98. The summed E-state index contributed by atoms with van der Waals surface area (Å²) < 4.78 is 0. The van der Waals surface area contributed by atoms with Crippen LogP contribution in [0, 0.1) is 0 Å². The maximum atomic E-state index is 3.69. The van der Waals surface area contributed by atoms with E-state index in [9.17, 15) is 0 Å². The van der Waals surface area contributed by atoms with Crippen LogP contribution in [0.2, 0.25) is 0 Å². The molecule has 0 fully saturated rings. The van der Waals surface area contributed by atoms with Crippen molar-refractivity contribution in [1.82, 2.24) is 5.32 Å². The van der Waals surface area contributed by atoms with Crippen LogP contribution in [0.1, 0.15) is 57.9 Å². The highest BCUT2D eigenvalue weighted by atomic mass is 32.1. The second kappa shape index (κ2) is 9.67. The maximum absolute atomic E-state index is 3.69. The van der Waals surface area contributed by atoms with Crippen molar-refractivity contribution in [2.24, 2.45) is 0 Å².